The van der Waals surface area contributed by atoms with E-state index in [9.17, 15) is 13.6 Å². The zero-order chi connectivity index (χ0) is 15.6. The van der Waals surface area contributed by atoms with E-state index < -0.39 is 23.6 Å². The smallest absolute Gasteiger partial charge is 0.255 e. The highest BCUT2D eigenvalue weighted by molar-refractivity contribution is 6.34. The first-order chi connectivity index (χ1) is 9.88. The summed E-state index contributed by atoms with van der Waals surface area (Å²) < 4.78 is 26.5. The number of rotatable bonds is 3. The van der Waals surface area contributed by atoms with Gasteiger partial charge in [-0.15, -0.1) is 10.2 Å². The van der Waals surface area contributed by atoms with Gasteiger partial charge in [-0.3, -0.25) is 4.79 Å². The van der Waals surface area contributed by atoms with Gasteiger partial charge in [0.25, 0.3) is 5.91 Å². The molecule has 0 radical (unpaired) electrons. The second-order valence-corrected chi connectivity index (χ2v) is 4.98. The number of halogens is 4. The predicted molar refractivity (Wildman–Crippen MR) is 74.3 cm³/mol. The van der Waals surface area contributed by atoms with Gasteiger partial charge in [-0.05, 0) is 19.1 Å². The molecule has 0 aliphatic carbocycles. The van der Waals surface area contributed by atoms with E-state index in [1.165, 1.54) is 12.1 Å². The van der Waals surface area contributed by atoms with Crippen LogP contribution >= 0.6 is 23.2 Å². The zero-order valence-corrected chi connectivity index (χ0v) is 12.2. The van der Waals surface area contributed by atoms with Gasteiger partial charge in [0.05, 0.1) is 11.6 Å². The van der Waals surface area contributed by atoms with Crippen LogP contribution in [0.3, 0.4) is 0 Å². The molecule has 1 aromatic heterocycles. The number of hydrogen-bond donors (Lipinski definition) is 1. The number of aromatic nitrogens is 2. The average Bonchev–Trinajstić information content (AvgIpc) is 2.41. The monoisotopic (exact) mass is 331 g/mol. The van der Waals surface area contributed by atoms with Crippen molar-refractivity contribution in [2.45, 2.75) is 13.0 Å². The van der Waals surface area contributed by atoms with E-state index in [1.54, 1.807) is 6.92 Å². The van der Waals surface area contributed by atoms with Crippen molar-refractivity contribution in [1.82, 2.24) is 15.5 Å². The van der Waals surface area contributed by atoms with Gasteiger partial charge in [-0.1, -0.05) is 29.3 Å². The van der Waals surface area contributed by atoms with E-state index in [-0.39, 0.29) is 21.4 Å². The molecule has 21 heavy (non-hydrogen) atoms. The van der Waals surface area contributed by atoms with E-state index in [1.807, 2.05) is 0 Å². The van der Waals surface area contributed by atoms with Gasteiger partial charge < -0.3 is 5.32 Å². The van der Waals surface area contributed by atoms with Gasteiger partial charge in [0.15, 0.2) is 10.3 Å². The Hall–Kier alpha value is -1.79. The van der Waals surface area contributed by atoms with E-state index in [0.717, 1.165) is 12.1 Å². The molecule has 1 aromatic carbocycles. The summed E-state index contributed by atoms with van der Waals surface area (Å²) >= 11 is 11.4. The van der Waals surface area contributed by atoms with Crippen LogP contribution in [-0.4, -0.2) is 16.1 Å². The maximum Gasteiger partial charge on any atom is 0.255 e. The minimum Gasteiger partial charge on any atom is -0.345 e. The summed E-state index contributed by atoms with van der Waals surface area (Å²) in [6.07, 6.45) is 0. The van der Waals surface area contributed by atoms with Crippen LogP contribution in [0.5, 0.6) is 0 Å². The third-order valence-electron chi connectivity index (χ3n) is 2.74. The van der Waals surface area contributed by atoms with Gasteiger partial charge in [-0.2, -0.15) is 0 Å². The minimum atomic E-state index is -0.750. The van der Waals surface area contributed by atoms with Crippen molar-refractivity contribution in [2.75, 3.05) is 0 Å². The molecule has 1 heterocycles. The van der Waals surface area contributed by atoms with Gasteiger partial charge >= 0.3 is 0 Å². The van der Waals surface area contributed by atoms with Crippen molar-refractivity contribution < 1.29 is 13.6 Å². The largest absolute Gasteiger partial charge is 0.345 e. The van der Waals surface area contributed by atoms with Crippen molar-refractivity contribution in [2.24, 2.45) is 0 Å². The molecule has 0 aliphatic rings. The first-order valence-electron chi connectivity index (χ1n) is 5.83. The number of carbonyl (C=O) groups excluding carboxylic acids is 1. The lowest BCUT2D eigenvalue weighted by Crippen LogP contribution is -2.27. The topological polar surface area (TPSA) is 54.9 Å². The van der Waals surface area contributed by atoms with Gasteiger partial charge in [0.1, 0.15) is 11.6 Å². The SMILES string of the molecule is C[C@H](NC(=O)c1cc(Cl)nnc1Cl)c1ccc(F)cc1F. The molecule has 2 rings (SSSR count). The fraction of sp³-hybridized carbons (Fsp3) is 0.154. The lowest BCUT2D eigenvalue weighted by Gasteiger charge is -2.15. The highest BCUT2D eigenvalue weighted by Gasteiger charge is 2.18. The highest BCUT2D eigenvalue weighted by atomic mass is 35.5. The Balaban J connectivity index is 2.20. The molecule has 1 N–H and O–H groups in total. The molecular weight excluding hydrogens is 323 g/mol. The number of hydrogen-bond acceptors (Lipinski definition) is 3. The Morgan fingerprint density at radius 1 is 1.24 bits per heavy atom. The summed E-state index contributed by atoms with van der Waals surface area (Å²) in [6, 6.07) is 3.67. The fourth-order valence-corrected chi connectivity index (χ4v) is 2.04. The third-order valence-corrected chi connectivity index (χ3v) is 3.20. The Bertz CT molecular complexity index is 697. The second-order valence-electron chi connectivity index (χ2n) is 4.23. The number of nitrogens with one attached hydrogen (secondary N) is 1. The first kappa shape index (κ1) is 15.6. The number of amides is 1. The van der Waals surface area contributed by atoms with E-state index >= 15 is 0 Å². The van der Waals surface area contributed by atoms with Crippen molar-refractivity contribution in [3.63, 3.8) is 0 Å². The summed E-state index contributed by atoms with van der Waals surface area (Å²) in [5.74, 6) is -2.03. The molecule has 1 amide bonds. The molecule has 0 fully saturated rings. The summed E-state index contributed by atoms with van der Waals surface area (Å²) in [5.41, 5.74) is 0.167. The Labute approximate surface area is 129 Å². The summed E-state index contributed by atoms with van der Waals surface area (Å²) in [7, 11) is 0. The van der Waals surface area contributed by atoms with Crippen LogP contribution in [0, 0.1) is 11.6 Å². The molecule has 0 aliphatic heterocycles. The van der Waals surface area contributed by atoms with Crippen LogP contribution in [-0.2, 0) is 0 Å². The third kappa shape index (κ3) is 3.65. The molecule has 2 aromatic rings. The molecule has 0 spiro atoms. The molecule has 0 saturated heterocycles. The lowest BCUT2D eigenvalue weighted by molar-refractivity contribution is 0.0939. The Morgan fingerprint density at radius 3 is 2.62 bits per heavy atom. The van der Waals surface area contributed by atoms with Crippen LogP contribution in [0.15, 0.2) is 24.3 Å². The molecule has 0 bridgehead atoms. The van der Waals surface area contributed by atoms with E-state index in [2.05, 4.69) is 15.5 Å². The van der Waals surface area contributed by atoms with Crippen LogP contribution in [0.1, 0.15) is 28.9 Å². The lowest BCUT2D eigenvalue weighted by atomic mass is 10.1. The maximum atomic E-state index is 13.6. The zero-order valence-electron chi connectivity index (χ0n) is 10.7. The average molecular weight is 332 g/mol. The van der Waals surface area contributed by atoms with E-state index in [0.29, 0.717) is 0 Å². The van der Waals surface area contributed by atoms with Gasteiger partial charge in [-0.25, -0.2) is 8.78 Å². The highest BCUT2D eigenvalue weighted by Crippen LogP contribution is 2.20. The summed E-state index contributed by atoms with van der Waals surface area (Å²) in [5, 5.41) is 9.40. The quantitative estimate of drug-likeness (QED) is 0.935. The van der Waals surface area contributed by atoms with Gasteiger partial charge in [0.2, 0.25) is 0 Å². The molecule has 0 unspecified atom stereocenters. The van der Waals surface area contributed by atoms with Crippen LogP contribution in [0.25, 0.3) is 0 Å². The Morgan fingerprint density at radius 2 is 1.95 bits per heavy atom. The molecule has 8 heteroatoms. The second kappa shape index (κ2) is 6.32. The number of benzene rings is 1. The van der Waals surface area contributed by atoms with Crippen molar-refractivity contribution in [1.29, 1.82) is 0 Å². The first-order valence-corrected chi connectivity index (χ1v) is 6.58. The fourth-order valence-electron chi connectivity index (χ4n) is 1.72. The van der Waals surface area contributed by atoms with Crippen LogP contribution in [0.2, 0.25) is 10.3 Å². The molecule has 1 atom stereocenters. The molecule has 110 valence electrons. The Kier molecular flexibility index (Phi) is 4.69. The minimum absolute atomic E-state index is 0.00478. The molecule has 0 saturated carbocycles. The van der Waals surface area contributed by atoms with Crippen LogP contribution < -0.4 is 5.32 Å². The van der Waals surface area contributed by atoms with Crippen LogP contribution in [0.4, 0.5) is 8.78 Å². The number of carbonyl (C=O) groups is 1. The number of nitrogens with zero attached hydrogens (tertiary/aromatic N) is 2. The van der Waals surface area contributed by atoms with Gasteiger partial charge in [0, 0.05) is 11.6 Å². The summed E-state index contributed by atoms with van der Waals surface area (Å²) in [4.78, 5) is 12.1. The molecular formula is C13H9Cl2F2N3O. The molecule has 4 nitrogen and oxygen atoms in total. The van der Waals surface area contributed by atoms with Crippen molar-refractivity contribution in [3.8, 4) is 0 Å². The predicted octanol–water partition coefficient (Wildman–Crippen LogP) is 3.55. The van der Waals surface area contributed by atoms with Crippen molar-refractivity contribution >= 4 is 29.1 Å². The summed E-state index contributed by atoms with van der Waals surface area (Å²) in [6.45, 7) is 1.55. The standard InChI is InChI=1S/C13H9Cl2F2N3O/c1-6(8-3-2-7(16)4-10(8)17)18-13(21)9-5-11(14)19-20-12(9)15/h2-6H,1H3,(H,18,21)/t6-/m0/s1. The van der Waals surface area contributed by atoms with E-state index in [4.69, 9.17) is 23.2 Å². The van der Waals surface area contributed by atoms with Crippen molar-refractivity contribution in [3.05, 3.63) is 57.3 Å². The normalized spacial score (nSPS) is 12.0. The maximum absolute atomic E-state index is 13.6.